The molecule has 0 amide bonds. The summed E-state index contributed by atoms with van der Waals surface area (Å²) in [5.41, 5.74) is 5.77. The molecule has 0 aliphatic carbocycles. The van der Waals surface area contributed by atoms with Crippen molar-refractivity contribution >= 4 is 32.7 Å². The molecule has 4 heteroatoms. The lowest BCUT2D eigenvalue weighted by molar-refractivity contribution is 0.669. The van der Waals surface area contributed by atoms with Gasteiger partial charge in [-0.05, 0) is 63.3 Å². The Morgan fingerprint density at radius 2 is 1.00 bits per heavy atom. The first-order chi connectivity index (χ1) is 25.4. The lowest BCUT2D eigenvalue weighted by Crippen LogP contribution is -2.00. The van der Waals surface area contributed by atoms with Gasteiger partial charge in [-0.3, -0.25) is 0 Å². The van der Waals surface area contributed by atoms with Gasteiger partial charge < -0.3 is 4.42 Å². The summed E-state index contributed by atoms with van der Waals surface area (Å²) in [4.78, 5) is 14.9. The number of aromatic nitrogens is 3. The molecule has 2 aromatic heterocycles. The first-order valence-corrected chi connectivity index (χ1v) is 15.3. The largest absolute Gasteiger partial charge is 0.456 e. The zero-order valence-electron chi connectivity index (χ0n) is 30.0. The molecule has 0 aliphatic rings. The second kappa shape index (κ2) is 11.2. The van der Waals surface area contributed by atoms with E-state index in [2.05, 4.69) is 0 Å². The molecule has 0 saturated heterocycles. The van der Waals surface area contributed by atoms with E-state index in [-0.39, 0.29) is 57.9 Å². The van der Waals surface area contributed by atoms with Crippen LogP contribution in [0.3, 0.4) is 0 Å². The number of benzene rings is 7. The molecule has 9 rings (SSSR count). The minimum Gasteiger partial charge on any atom is -0.456 e. The number of fused-ring (bicyclic) bond motifs is 4. The normalized spacial score (nSPS) is 12.9. The van der Waals surface area contributed by atoms with Crippen LogP contribution in [0.25, 0.3) is 89.1 Å². The van der Waals surface area contributed by atoms with E-state index in [9.17, 15) is 1.37 Å². The predicted molar refractivity (Wildman–Crippen MR) is 192 cm³/mol. The fourth-order valence-corrected chi connectivity index (χ4v) is 5.96. The zero-order valence-corrected chi connectivity index (χ0v) is 25.0. The summed E-state index contributed by atoms with van der Waals surface area (Å²) in [5, 5.41) is 2.07. The molecule has 0 N–H and O–H groups in total. The van der Waals surface area contributed by atoms with Gasteiger partial charge in [-0.2, -0.15) is 0 Å². The molecule has 9 aromatic rings. The highest BCUT2D eigenvalue weighted by atomic mass is 16.3. The fraction of sp³-hybridized carbons (Fsp3) is 0. The predicted octanol–water partition coefficient (Wildman–Crippen LogP) is 11.3. The Bertz CT molecular complexity index is 2840. The molecule has 0 bridgehead atoms. The Hall–Kier alpha value is -6.39. The minimum absolute atomic E-state index is 0.0690. The van der Waals surface area contributed by atoms with Crippen LogP contribution in [-0.4, -0.2) is 15.0 Å². The average molecular weight is 607 g/mol. The van der Waals surface area contributed by atoms with Crippen LogP contribution in [0.15, 0.2) is 168 Å². The number of hydrogen-bond donors (Lipinski definition) is 0. The Morgan fingerprint density at radius 3 is 1.74 bits per heavy atom. The van der Waals surface area contributed by atoms with Crippen molar-refractivity contribution in [3.8, 4) is 56.4 Å². The first kappa shape index (κ1) is 22.2. The van der Waals surface area contributed by atoms with Crippen LogP contribution in [0.4, 0.5) is 0 Å². The Labute approximate surface area is 278 Å². The van der Waals surface area contributed by atoms with E-state index in [1.54, 1.807) is 30.3 Å². The summed E-state index contributed by atoms with van der Waals surface area (Å²) in [6.45, 7) is 0. The molecule has 0 aliphatic heterocycles. The summed E-state index contributed by atoms with van der Waals surface area (Å²) in [6.07, 6.45) is 0. The molecule has 7 aromatic carbocycles. The van der Waals surface area contributed by atoms with Crippen LogP contribution in [0.1, 0.15) is 6.85 Å². The van der Waals surface area contributed by atoms with Gasteiger partial charge in [0, 0.05) is 27.5 Å². The van der Waals surface area contributed by atoms with Crippen molar-refractivity contribution < 1.29 is 11.3 Å². The number of nitrogens with zero attached hydrogens (tertiary/aromatic N) is 3. The highest BCUT2D eigenvalue weighted by Gasteiger charge is 2.19. The quantitative estimate of drug-likeness (QED) is 0.196. The number of hydrogen-bond acceptors (Lipinski definition) is 4. The summed E-state index contributed by atoms with van der Waals surface area (Å²) in [5.74, 6) is 0.850. The van der Waals surface area contributed by atoms with E-state index in [0.29, 0.717) is 28.4 Å². The molecule has 220 valence electrons. The summed E-state index contributed by atoms with van der Waals surface area (Å²) in [6, 6.07) is 41.2. The monoisotopic (exact) mass is 606 g/mol. The van der Waals surface area contributed by atoms with Gasteiger partial charge in [-0.25, -0.2) is 15.0 Å². The Kier molecular flexibility index (Phi) is 5.28. The van der Waals surface area contributed by atoms with E-state index in [1.165, 1.54) is 0 Å². The third-order valence-electron chi connectivity index (χ3n) is 8.25. The second-order valence-corrected chi connectivity index (χ2v) is 11.2. The summed E-state index contributed by atoms with van der Waals surface area (Å²) >= 11 is 0. The molecular formula is C43H27N3O. The van der Waals surface area contributed by atoms with E-state index in [4.69, 9.17) is 24.9 Å². The third kappa shape index (κ3) is 4.93. The standard InChI is InChI=1S/C43H27N3O/c1-4-12-28(13-5-1)31-20-21-33-25-34(23-22-32(33)24-31)42-44-41(30-16-8-3-9-17-30)45-43(46-42)37-26-35(29-14-6-2-7-15-29)27-39-40(37)36-18-10-11-19-38(36)47-39/h1-27H/i20D,21D,22D,23D,24D. The number of furan rings is 1. The van der Waals surface area contributed by atoms with E-state index in [1.807, 2.05) is 103 Å². The lowest BCUT2D eigenvalue weighted by Gasteiger charge is -2.12. The molecule has 0 radical (unpaired) electrons. The fourth-order valence-electron chi connectivity index (χ4n) is 5.96. The number of rotatable bonds is 5. The van der Waals surface area contributed by atoms with Crippen molar-refractivity contribution in [3.63, 3.8) is 0 Å². The van der Waals surface area contributed by atoms with E-state index in [0.717, 1.165) is 33.0 Å². The summed E-state index contributed by atoms with van der Waals surface area (Å²) in [7, 11) is 0. The average Bonchev–Trinajstić information content (AvgIpc) is 3.57. The Balaban J connectivity index is 1.34. The first-order valence-electron chi connectivity index (χ1n) is 17.8. The molecule has 4 nitrogen and oxygen atoms in total. The van der Waals surface area contributed by atoms with Crippen molar-refractivity contribution in [2.45, 2.75) is 0 Å². The van der Waals surface area contributed by atoms with Gasteiger partial charge in [0.05, 0.1) is 6.85 Å². The van der Waals surface area contributed by atoms with Gasteiger partial charge in [0.15, 0.2) is 17.5 Å². The van der Waals surface area contributed by atoms with Crippen LogP contribution in [0.5, 0.6) is 0 Å². The number of para-hydroxylation sites is 1. The van der Waals surface area contributed by atoms with Crippen LogP contribution >= 0.6 is 0 Å². The molecule has 0 fully saturated rings. The highest BCUT2D eigenvalue weighted by molar-refractivity contribution is 6.13. The van der Waals surface area contributed by atoms with Crippen LogP contribution in [-0.2, 0) is 0 Å². The van der Waals surface area contributed by atoms with Gasteiger partial charge >= 0.3 is 0 Å². The lowest BCUT2D eigenvalue weighted by atomic mass is 9.98. The molecule has 47 heavy (non-hydrogen) atoms. The molecule has 0 spiro atoms. The van der Waals surface area contributed by atoms with Crippen molar-refractivity contribution in [1.29, 1.82) is 0 Å². The molecule has 0 unspecified atom stereocenters. The SMILES string of the molecule is [2H]c1c(-c2ccccc2)c([2H])c2c([2H])c([2H])c(-c3nc(-c4ccccc4)nc(-c4cc(-c5ccccc5)cc5oc6ccccc6c45)n3)cc2c1[2H]. The second-order valence-electron chi connectivity index (χ2n) is 11.2. The molecule has 0 saturated carbocycles. The molecular weight excluding hydrogens is 574 g/mol. The van der Waals surface area contributed by atoms with E-state index < -0.39 is 0 Å². The topological polar surface area (TPSA) is 51.8 Å². The maximum atomic E-state index is 9.23. The smallest absolute Gasteiger partial charge is 0.164 e. The van der Waals surface area contributed by atoms with E-state index >= 15 is 0 Å². The molecule has 2 heterocycles. The van der Waals surface area contributed by atoms with Gasteiger partial charge in [0.25, 0.3) is 0 Å². The maximum Gasteiger partial charge on any atom is 0.164 e. The van der Waals surface area contributed by atoms with Crippen molar-refractivity contribution in [2.24, 2.45) is 0 Å². The minimum atomic E-state index is -0.235. The van der Waals surface area contributed by atoms with Gasteiger partial charge in [0.2, 0.25) is 0 Å². The third-order valence-corrected chi connectivity index (χ3v) is 8.25. The zero-order chi connectivity index (χ0) is 35.5. The van der Waals surface area contributed by atoms with Crippen molar-refractivity contribution in [1.82, 2.24) is 15.0 Å². The van der Waals surface area contributed by atoms with Gasteiger partial charge in [0.1, 0.15) is 11.2 Å². The Morgan fingerprint density at radius 1 is 0.426 bits per heavy atom. The van der Waals surface area contributed by atoms with Crippen LogP contribution in [0.2, 0.25) is 0 Å². The van der Waals surface area contributed by atoms with Gasteiger partial charge in [-0.1, -0.05) is 133 Å². The molecule has 0 atom stereocenters. The van der Waals surface area contributed by atoms with Crippen molar-refractivity contribution in [3.05, 3.63) is 164 Å². The summed E-state index contributed by atoms with van der Waals surface area (Å²) < 4.78 is 51.8. The van der Waals surface area contributed by atoms with Crippen LogP contribution < -0.4 is 0 Å². The maximum absolute atomic E-state index is 9.23. The van der Waals surface area contributed by atoms with Crippen molar-refractivity contribution in [2.75, 3.05) is 0 Å². The van der Waals surface area contributed by atoms with Gasteiger partial charge in [-0.15, -0.1) is 0 Å². The highest BCUT2D eigenvalue weighted by Crippen LogP contribution is 2.40. The van der Waals surface area contributed by atoms with Crippen LogP contribution in [0, 0.1) is 0 Å².